The molecule has 2 aliphatic rings. The van der Waals surface area contributed by atoms with Crippen molar-refractivity contribution in [2.45, 2.75) is 20.0 Å². The number of nitrogens with zero attached hydrogens (tertiary/aromatic N) is 2. The molecule has 5 nitrogen and oxygen atoms in total. The maximum Gasteiger partial charge on any atom is 0.232 e. The van der Waals surface area contributed by atoms with E-state index in [1.807, 2.05) is 37.3 Å². The number of halogens is 1. The zero-order chi connectivity index (χ0) is 20.7. The van der Waals surface area contributed by atoms with Gasteiger partial charge in [-0.2, -0.15) is 0 Å². The molecule has 0 atom stereocenters. The van der Waals surface area contributed by atoms with Gasteiger partial charge in [0.25, 0.3) is 0 Å². The molecule has 6 heteroatoms. The van der Waals surface area contributed by atoms with Gasteiger partial charge in [0.1, 0.15) is 18.2 Å². The number of ketones is 1. The van der Waals surface area contributed by atoms with E-state index in [-0.39, 0.29) is 5.78 Å². The summed E-state index contributed by atoms with van der Waals surface area (Å²) in [6, 6.07) is 13.2. The van der Waals surface area contributed by atoms with Gasteiger partial charge in [-0.3, -0.25) is 14.7 Å². The number of carbonyl (C=O) groups excluding carboxylic acids is 1. The first-order chi connectivity index (χ1) is 14.6. The van der Waals surface area contributed by atoms with Crippen LogP contribution in [0.3, 0.4) is 0 Å². The quantitative estimate of drug-likeness (QED) is 0.559. The SMILES string of the molecule is Cc1cc2c(c3c1C(=O)/C(=C/c1cccc(Cl)c1)O3)CN(Cc1ccncc1)CO2. The highest BCUT2D eigenvalue weighted by Gasteiger charge is 2.35. The van der Waals surface area contributed by atoms with Crippen molar-refractivity contribution in [2.75, 3.05) is 6.73 Å². The Hall–Kier alpha value is -3.15. The van der Waals surface area contributed by atoms with Gasteiger partial charge in [-0.1, -0.05) is 23.7 Å². The summed E-state index contributed by atoms with van der Waals surface area (Å²) in [5, 5.41) is 0.612. The van der Waals surface area contributed by atoms with Gasteiger partial charge in [-0.15, -0.1) is 0 Å². The number of ether oxygens (including phenoxy) is 2. The zero-order valence-electron chi connectivity index (χ0n) is 16.4. The minimum Gasteiger partial charge on any atom is -0.478 e. The lowest BCUT2D eigenvalue weighted by Crippen LogP contribution is -2.31. The van der Waals surface area contributed by atoms with E-state index in [4.69, 9.17) is 21.1 Å². The highest BCUT2D eigenvalue weighted by atomic mass is 35.5. The number of carbonyl (C=O) groups is 1. The summed E-state index contributed by atoms with van der Waals surface area (Å²) in [7, 11) is 0. The Labute approximate surface area is 179 Å². The second kappa shape index (κ2) is 7.59. The van der Waals surface area contributed by atoms with Crippen molar-refractivity contribution in [1.82, 2.24) is 9.88 Å². The van der Waals surface area contributed by atoms with Crippen LogP contribution in [0.5, 0.6) is 11.5 Å². The third-order valence-corrected chi connectivity index (χ3v) is 5.52. The second-order valence-electron chi connectivity index (χ2n) is 7.49. The number of aromatic nitrogens is 1. The van der Waals surface area contributed by atoms with Crippen molar-refractivity contribution in [3.05, 3.63) is 93.5 Å². The molecule has 1 aromatic heterocycles. The molecule has 30 heavy (non-hydrogen) atoms. The van der Waals surface area contributed by atoms with Gasteiger partial charge in [-0.05, 0) is 60.0 Å². The van der Waals surface area contributed by atoms with Gasteiger partial charge in [0, 0.05) is 30.5 Å². The number of aryl methyl sites for hydroxylation is 1. The van der Waals surface area contributed by atoms with Crippen molar-refractivity contribution in [1.29, 1.82) is 0 Å². The number of pyridine rings is 1. The van der Waals surface area contributed by atoms with Gasteiger partial charge in [0.2, 0.25) is 5.78 Å². The second-order valence-corrected chi connectivity index (χ2v) is 7.92. The van der Waals surface area contributed by atoms with Crippen molar-refractivity contribution >= 4 is 23.5 Å². The predicted octanol–water partition coefficient (Wildman–Crippen LogP) is 5.01. The summed E-state index contributed by atoms with van der Waals surface area (Å²) in [6.45, 7) is 3.75. The molecular formula is C24H19ClN2O3. The molecule has 0 fully saturated rings. The lowest BCUT2D eigenvalue weighted by molar-refractivity contribution is 0.0872. The fourth-order valence-corrected chi connectivity index (χ4v) is 4.07. The first-order valence-corrected chi connectivity index (χ1v) is 10.1. The summed E-state index contributed by atoms with van der Waals surface area (Å²) in [4.78, 5) is 19.3. The number of hydrogen-bond donors (Lipinski definition) is 0. The fourth-order valence-electron chi connectivity index (χ4n) is 3.87. The highest BCUT2D eigenvalue weighted by Crippen LogP contribution is 2.44. The molecule has 0 radical (unpaired) electrons. The summed E-state index contributed by atoms with van der Waals surface area (Å²) in [6.07, 6.45) is 5.30. The monoisotopic (exact) mass is 418 g/mol. The molecule has 0 amide bonds. The average molecular weight is 419 g/mol. The van der Waals surface area contributed by atoms with Crippen molar-refractivity contribution < 1.29 is 14.3 Å². The Balaban J connectivity index is 1.48. The summed E-state index contributed by atoms with van der Waals surface area (Å²) >= 11 is 6.08. The smallest absolute Gasteiger partial charge is 0.232 e. The fraction of sp³-hybridized carbons (Fsp3) is 0.167. The Morgan fingerprint density at radius 3 is 2.83 bits per heavy atom. The molecule has 2 aliphatic heterocycles. The zero-order valence-corrected chi connectivity index (χ0v) is 17.1. The van der Waals surface area contributed by atoms with E-state index in [0.29, 0.717) is 35.4 Å². The van der Waals surface area contributed by atoms with Crippen LogP contribution in [-0.2, 0) is 13.1 Å². The van der Waals surface area contributed by atoms with Crippen LogP contribution in [0.25, 0.3) is 6.08 Å². The Bertz CT molecular complexity index is 1170. The average Bonchev–Trinajstić information content (AvgIpc) is 3.06. The third-order valence-electron chi connectivity index (χ3n) is 5.29. The van der Waals surface area contributed by atoms with E-state index < -0.39 is 0 Å². The number of fused-ring (bicyclic) bond motifs is 3. The van der Waals surface area contributed by atoms with Crippen molar-refractivity contribution in [3.8, 4) is 11.5 Å². The van der Waals surface area contributed by atoms with Crippen LogP contribution in [-0.4, -0.2) is 22.4 Å². The largest absolute Gasteiger partial charge is 0.478 e. The van der Waals surface area contributed by atoms with Crippen LogP contribution in [0.4, 0.5) is 0 Å². The molecule has 0 saturated heterocycles. The van der Waals surface area contributed by atoms with Crippen LogP contribution in [0, 0.1) is 6.92 Å². The lowest BCUT2D eigenvalue weighted by atomic mass is 9.98. The molecule has 0 unspecified atom stereocenters. The topological polar surface area (TPSA) is 51.7 Å². The lowest BCUT2D eigenvalue weighted by Gasteiger charge is -2.30. The maximum atomic E-state index is 13.1. The molecule has 0 bridgehead atoms. The standard InChI is InChI=1S/C24H19ClN2O3/c1-15-9-20-19(13-27(14-29-20)12-16-5-7-26-8-6-16)24-22(15)23(28)21(30-24)11-17-3-2-4-18(25)10-17/h2-11H,12-14H2,1H3/b21-11-. The normalized spacial score (nSPS) is 16.7. The summed E-state index contributed by atoms with van der Waals surface area (Å²) in [5.74, 6) is 1.56. The first kappa shape index (κ1) is 18.9. The van der Waals surface area contributed by atoms with E-state index in [1.165, 1.54) is 0 Å². The van der Waals surface area contributed by atoms with Crippen LogP contribution in [0.15, 0.2) is 60.6 Å². The molecule has 0 spiro atoms. The molecule has 2 aromatic carbocycles. The molecule has 3 aromatic rings. The van der Waals surface area contributed by atoms with Crippen LogP contribution in [0.2, 0.25) is 5.02 Å². The number of hydrogen-bond acceptors (Lipinski definition) is 5. The Morgan fingerprint density at radius 1 is 1.20 bits per heavy atom. The minimum atomic E-state index is -0.114. The van der Waals surface area contributed by atoms with Crippen LogP contribution >= 0.6 is 11.6 Å². The highest BCUT2D eigenvalue weighted by molar-refractivity contribution is 6.30. The van der Waals surface area contributed by atoms with Crippen molar-refractivity contribution in [2.24, 2.45) is 0 Å². The van der Waals surface area contributed by atoms with Crippen LogP contribution in [0.1, 0.15) is 32.6 Å². The summed E-state index contributed by atoms with van der Waals surface area (Å²) < 4.78 is 12.1. The molecule has 0 aliphatic carbocycles. The Kier molecular flexibility index (Phi) is 4.77. The molecule has 5 rings (SSSR count). The van der Waals surface area contributed by atoms with Crippen molar-refractivity contribution in [3.63, 3.8) is 0 Å². The molecule has 0 saturated carbocycles. The molecule has 0 N–H and O–H groups in total. The third kappa shape index (κ3) is 3.47. The predicted molar refractivity (Wildman–Crippen MR) is 115 cm³/mol. The maximum absolute atomic E-state index is 13.1. The number of rotatable bonds is 3. The molecular weight excluding hydrogens is 400 g/mol. The van der Waals surface area contributed by atoms with Gasteiger partial charge >= 0.3 is 0 Å². The van der Waals surface area contributed by atoms with Crippen LogP contribution < -0.4 is 9.47 Å². The van der Waals surface area contributed by atoms with E-state index >= 15 is 0 Å². The van der Waals surface area contributed by atoms with E-state index in [0.717, 1.165) is 34.5 Å². The van der Waals surface area contributed by atoms with Gasteiger partial charge in [0.05, 0.1) is 11.1 Å². The van der Waals surface area contributed by atoms with Gasteiger partial charge in [0.15, 0.2) is 5.76 Å². The molecule has 3 heterocycles. The Morgan fingerprint density at radius 2 is 2.03 bits per heavy atom. The van der Waals surface area contributed by atoms with E-state index in [2.05, 4.69) is 9.88 Å². The first-order valence-electron chi connectivity index (χ1n) is 9.69. The van der Waals surface area contributed by atoms with E-state index in [1.54, 1.807) is 30.6 Å². The number of allylic oxidation sites excluding steroid dienone is 1. The molecule has 150 valence electrons. The number of Topliss-reactive ketones (excluding diaryl/α,β-unsaturated/α-hetero) is 1. The van der Waals surface area contributed by atoms with E-state index in [9.17, 15) is 4.79 Å². The van der Waals surface area contributed by atoms with Gasteiger partial charge in [-0.25, -0.2) is 0 Å². The number of benzene rings is 2. The minimum absolute atomic E-state index is 0.114. The van der Waals surface area contributed by atoms with Gasteiger partial charge < -0.3 is 9.47 Å². The summed E-state index contributed by atoms with van der Waals surface area (Å²) in [5.41, 5.74) is 4.33.